The summed E-state index contributed by atoms with van der Waals surface area (Å²) in [7, 11) is 1.53. The molecule has 1 aliphatic rings. The van der Waals surface area contributed by atoms with Crippen LogP contribution >= 0.6 is 0 Å². The fourth-order valence-corrected chi connectivity index (χ4v) is 4.61. The Hall–Kier alpha value is -4.47. The number of aromatic hydroxyl groups is 1. The maximum Gasteiger partial charge on any atom is 0.573 e. The van der Waals surface area contributed by atoms with Crippen molar-refractivity contribution in [3.05, 3.63) is 88.5 Å². The average molecular weight is 542 g/mol. The van der Waals surface area contributed by atoms with E-state index in [1.165, 1.54) is 43.5 Å². The Kier molecular flexibility index (Phi) is 7.32. The normalized spacial score (nSPS) is 17.1. The van der Waals surface area contributed by atoms with Gasteiger partial charge in [-0.25, -0.2) is 0 Å². The molecule has 2 N–H and O–H groups in total. The Morgan fingerprint density at radius 3 is 2.15 bits per heavy atom. The number of ether oxygens (including phenoxy) is 2. The largest absolute Gasteiger partial charge is 0.573 e. The average Bonchev–Trinajstić information content (AvgIpc) is 3.13. The molecule has 1 saturated heterocycles. The maximum absolute atomic E-state index is 13.4. The van der Waals surface area contributed by atoms with Crippen molar-refractivity contribution in [3.63, 3.8) is 0 Å². The first-order chi connectivity index (χ1) is 18.3. The highest BCUT2D eigenvalue weighted by Crippen LogP contribution is 2.44. The highest BCUT2D eigenvalue weighted by Gasteiger charge is 2.47. The van der Waals surface area contributed by atoms with Crippen molar-refractivity contribution in [1.29, 1.82) is 0 Å². The lowest BCUT2D eigenvalue weighted by Crippen LogP contribution is -2.29. The maximum atomic E-state index is 13.4. The number of aliphatic hydroxyl groups excluding tert-OH is 1. The van der Waals surface area contributed by atoms with Gasteiger partial charge in [0, 0.05) is 11.3 Å². The summed E-state index contributed by atoms with van der Waals surface area (Å²) < 4.78 is 47.3. The van der Waals surface area contributed by atoms with Crippen LogP contribution in [0.2, 0.25) is 0 Å². The number of hydrogen-bond donors (Lipinski definition) is 2. The number of amides is 1. The number of benzene rings is 3. The number of aliphatic hydroxyl groups is 1. The van der Waals surface area contributed by atoms with Crippen LogP contribution in [0, 0.1) is 6.92 Å². The number of anilines is 1. The van der Waals surface area contributed by atoms with E-state index in [4.69, 9.17) is 4.74 Å². The van der Waals surface area contributed by atoms with Crippen molar-refractivity contribution in [2.45, 2.75) is 39.1 Å². The second-order valence-electron chi connectivity index (χ2n) is 9.37. The minimum absolute atomic E-state index is 0.0137. The van der Waals surface area contributed by atoms with Crippen molar-refractivity contribution < 1.29 is 42.4 Å². The zero-order chi connectivity index (χ0) is 28.6. The van der Waals surface area contributed by atoms with Gasteiger partial charge >= 0.3 is 6.36 Å². The highest BCUT2D eigenvalue weighted by atomic mass is 19.4. The summed E-state index contributed by atoms with van der Waals surface area (Å²) >= 11 is 0. The van der Waals surface area contributed by atoms with Crippen LogP contribution in [0.3, 0.4) is 0 Å². The minimum Gasteiger partial charge on any atom is -0.508 e. The number of halogens is 3. The van der Waals surface area contributed by atoms with Crippen LogP contribution in [0.5, 0.6) is 17.2 Å². The summed E-state index contributed by atoms with van der Waals surface area (Å²) in [5, 5.41) is 21.3. The first kappa shape index (κ1) is 27.6. The Morgan fingerprint density at radius 2 is 1.62 bits per heavy atom. The van der Waals surface area contributed by atoms with Crippen LogP contribution in [-0.2, 0) is 9.59 Å². The molecule has 7 nitrogen and oxygen atoms in total. The Labute approximate surface area is 222 Å². The number of nitrogens with zero attached hydrogens (tertiary/aromatic N) is 1. The van der Waals surface area contributed by atoms with Gasteiger partial charge < -0.3 is 19.7 Å². The van der Waals surface area contributed by atoms with E-state index >= 15 is 0 Å². The molecule has 1 fully saturated rings. The second kappa shape index (κ2) is 10.4. The van der Waals surface area contributed by atoms with Crippen LogP contribution < -0.4 is 14.4 Å². The third kappa shape index (κ3) is 5.41. The van der Waals surface area contributed by atoms with E-state index in [0.29, 0.717) is 22.4 Å². The second-order valence-corrected chi connectivity index (χ2v) is 9.37. The first-order valence-electron chi connectivity index (χ1n) is 12.0. The van der Waals surface area contributed by atoms with Crippen molar-refractivity contribution >= 4 is 23.1 Å². The molecule has 10 heteroatoms. The molecule has 0 bridgehead atoms. The number of carbonyl (C=O) groups excluding carboxylic acids is 2. The van der Waals surface area contributed by atoms with Crippen molar-refractivity contribution in [1.82, 2.24) is 0 Å². The zero-order valence-electron chi connectivity index (χ0n) is 21.5. The van der Waals surface area contributed by atoms with Crippen LogP contribution in [0.25, 0.3) is 5.76 Å². The van der Waals surface area contributed by atoms with Crippen molar-refractivity contribution in [2.24, 2.45) is 0 Å². The van der Waals surface area contributed by atoms with E-state index in [9.17, 15) is 33.0 Å². The zero-order valence-corrected chi connectivity index (χ0v) is 21.5. The smallest absolute Gasteiger partial charge is 0.508 e. The number of alkyl halides is 3. The van der Waals surface area contributed by atoms with Gasteiger partial charge in [0.2, 0.25) is 0 Å². The Morgan fingerprint density at radius 1 is 1.00 bits per heavy atom. The van der Waals surface area contributed by atoms with Gasteiger partial charge in [0.05, 0.1) is 18.7 Å². The quantitative estimate of drug-likeness (QED) is 0.214. The predicted octanol–water partition coefficient (Wildman–Crippen LogP) is 6.36. The molecule has 204 valence electrons. The van der Waals surface area contributed by atoms with E-state index < -0.39 is 35.6 Å². The summed E-state index contributed by atoms with van der Waals surface area (Å²) in [6.07, 6.45) is -4.90. The molecule has 1 aliphatic heterocycles. The number of methoxy groups -OCH3 is 1. The van der Waals surface area contributed by atoms with E-state index in [-0.39, 0.29) is 22.9 Å². The van der Waals surface area contributed by atoms with Crippen molar-refractivity contribution in [2.75, 3.05) is 12.0 Å². The lowest BCUT2D eigenvalue weighted by atomic mass is 9.91. The molecule has 0 aromatic heterocycles. The molecule has 1 atom stereocenters. The highest BCUT2D eigenvalue weighted by molar-refractivity contribution is 6.51. The van der Waals surface area contributed by atoms with Crippen LogP contribution in [0.4, 0.5) is 18.9 Å². The van der Waals surface area contributed by atoms with Crippen LogP contribution in [0.1, 0.15) is 48.1 Å². The van der Waals surface area contributed by atoms with Gasteiger partial charge in [-0.15, -0.1) is 13.2 Å². The van der Waals surface area contributed by atoms with E-state index in [1.807, 2.05) is 13.8 Å². The number of aryl methyl sites for hydroxylation is 1. The molecule has 1 amide bonds. The summed E-state index contributed by atoms with van der Waals surface area (Å²) in [4.78, 5) is 27.8. The number of phenols is 1. The molecule has 0 spiro atoms. The third-order valence-corrected chi connectivity index (χ3v) is 6.46. The van der Waals surface area contributed by atoms with Crippen LogP contribution in [-0.4, -0.2) is 35.4 Å². The third-order valence-electron chi connectivity index (χ3n) is 6.46. The number of hydrogen-bond acceptors (Lipinski definition) is 6. The fourth-order valence-electron chi connectivity index (χ4n) is 4.61. The molecule has 4 rings (SSSR count). The van der Waals surface area contributed by atoms with E-state index in [2.05, 4.69) is 4.74 Å². The van der Waals surface area contributed by atoms with E-state index in [1.54, 1.807) is 19.1 Å². The van der Waals surface area contributed by atoms with Crippen LogP contribution in [0.15, 0.2) is 66.2 Å². The molecule has 1 heterocycles. The van der Waals surface area contributed by atoms with Gasteiger partial charge in [-0.05, 0) is 78.1 Å². The lowest BCUT2D eigenvalue weighted by Gasteiger charge is -2.26. The molecule has 0 saturated carbocycles. The number of ketones is 1. The summed E-state index contributed by atoms with van der Waals surface area (Å²) in [5.41, 5.74) is 2.00. The van der Waals surface area contributed by atoms with Gasteiger partial charge in [-0.2, -0.15) is 0 Å². The van der Waals surface area contributed by atoms with Gasteiger partial charge in [0.25, 0.3) is 11.7 Å². The molecule has 0 aliphatic carbocycles. The molecule has 3 aromatic carbocycles. The van der Waals surface area contributed by atoms with Crippen molar-refractivity contribution in [3.8, 4) is 17.2 Å². The summed E-state index contributed by atoms with van der Waals surface area (Å²) in [5.74, 6) is -2.29. The topological polar surface area (TPSA) is 96.3 Å². The van der Waals surface area contributed by atoms with Gasteiger partial charge in [-0.1, -0.05) is 26.0 Å². The van der Waals surface area contributed by atoms with Gasteiger partial charge in [-0.3, -0.25) is 14.5 Å². The number of carbonyl (C=O) groups is 2. The fraction of sp³-hybridized carbons (Fsp3) is 0.241. The summed E-state index contributed by atoms with van der Waals surface area (Å²) in [6.45, 7) is 5.61. The molecule has 1 unspecified atom stereocenters. The van der Waals surface area contributed by atoms with Gasteiger partial charge in [0.15, 0.2) is 0 Å². The Bertz CT molecular complexity index is 1440. The monoisotopic (exact) mass is 541 g/mol. The molecule has 39 heavy (non-hydrogen) atoms. The minimum atomic E-state index is -4.90. The number of phenolic OH excluding ortho intramolecular Hbond substituents is 1. The molecule has 0 radical (unpaired) electrons. The van der Waals surface area contributed by atoms with Gasteiger partial charge in [0.1, 0.15) is 23.0 Å². The molecular formula is C29H26F3NO6. The summed E-state index contributed by atoms with van der Waals surface area (Å²) in [6, 6.07) is 12.5. The van der Waals surface area contributed by atoms with E-state index in [0.717, 1.165) is 22.6 Å². The lowest BCUT2D eigenvalue weighted by molar-refractivity contribution is -0.274. The number of rotatable bonds is 6. The number of Topliss-reactive ketones (excluding diaryl/α,β-unsaturated/α-hetero) is 1. The Balaban J connectivity index is 1.91. The molecule has 3 aromatic rings. The predicted molar refractivity (Wildman–Crippen MR) is 138 cm³/mol. The SMILES string of the molecule is COc1cc(C)c(/C(O)=C2\C(=O)C(=O)N(c3ccc(OC(F)(F)F)cc3)C2c2ccc(O)cc2)cc1C(C)C. The first-order valence-corrected chi connectivity index (χ1v) is 12.0. The molecular weight excluding hydrogens is 515 g/mol. The standard InChI is InChI=1S/C29H26F3NO6/c1-15(2)21-14-22(16(3)13-23(21)38-4)26(35)24-25(17-5-9-19(34)10-6-17)33(28(37)27(24)36)18-7-11-20(12-8-18)39-29(30,31)32/h5-15,25,34-35H,1-4H3/b26-24+.